The van der Waals surface area contributed by atoms with Crippen LogP contribution in [0.5, 0.6) is 11.5 Å². The molecular formula is C25H29N3O2. The largest absolute Gasteiger partial charge is 0.493 e. The molecule has 0 radical (unpaired) electrons. The van der Waals surface area contributed by atoms with Crippen molar-refractivity contribution in [1.29, 1.82) is 0 Å². The van der Waals surface area contributed by atoms with Gasteiger partial charge in [0.05, 0.1) is 18.5 Å². The van der Waals surface area contributed by atoms with Crippen molar-refractivity contribution in [3.63, 3.8) is 0 Å². The van der Waals surface area contributed by atoms with Gasteiger partial charge in [-0.15, -0.1) is 0 Å². The number of H-pyrrole nitrogens is 1. The van der Waals surface area contributed by atoms with Gasteiger partial charge in [0.25, 0.3) is 0 Å². The molecule has 1 atom stereocenters. The van der Waals surface area contributed by atoms with Crippen LogP contribution in [0.3, 0.4) is 0 Å². The highest BCUT2D eigenvalue weighted by Gasteiger charge is 2.25. The highest BCUT2D eigenvalue weighted by Crippen LogP contribution is 2.29. The maximum atomic E-state index is 5.91. The average Bonchev–Trinajstić information content (AvgIpc) is 3.42. The summed E-state index contributed by atoms with van der Waals surface area (Å²) in [6.07, 6.45) is 3.41. The van der Waals surface area contributed by atoms with Crippen molar-refractivity contribution in [1.82, 2.24) is 15.1 Å². The fourth-order valence-electron chi connectivity index (χ4n) is 4.01. The Bertz CT molecular complexity index is 981. The average molecular weight is 404 g/mol. The summed E-state index contributed by atoms with van der Waals surface area (Å²) in [6.45, 7) is 5.80. The zero-order chi connectivity index (χ0) is 20.8. The molecule has 1 unspecified atom stereocenters. The van der Waals surface area contributed by atoms with Gasteiger partial charge >= 0.3 is 0 Å². The Labute approximate surface area is 178 Å². The van der Waals surface area contributed by atoms with Crippen molar-refractivity contribution in [2.75, 3.05) is 26.7 Å². The van der Waals surface area contributed by atoms with Crippen LogP contribution < -0.4 is 9.47 Å². The van der Waals surface area contributed by atoms with Gasteiger partial charge < -0.3 is 9.47 Å². The summed E-state index contributed by atoms with van der Waals surface area (Å²) in [5.41, 5.74) is 4.75. The minimum absolute atomic E-state index is 0.447. The van der Waals surface area contributed by atoms with Gasteiger partial charge in [0.15, 0.2) is 11.5 Å². The molecule has 2 aromatic carbocycles. The van der Waals surface area contributed by atoms with Gasteiger partial charge in [0, 0.05) is 19.0 Å². The number of methoxy groups -OCH3 is 1. The molecule has 1 aliphatic rings. The van der Waals surface area contributed by atoms with Crippen LogP contribution in [0.25, 0.3) is 6.08 Å². The first kappa shape index (κ1) is 20.2. The summed E-state index contributed by atoms with van der Waals surface area (Å²) in [7, 11) is 1.65. The minimum Gasteiger partial charge on any atom is -0.493 e. The number of nitrogens with one attached hydrogen (secondary N) is 1. The van der Waals surface area contributed by atoms with Crippen molar-refractivity contribution in [3.05, 3.63) is 83.2 Å². The number of benzene rings is 2. The summed E-state index contributed by atoms with van der Waals surface area (Å²) in [5.74, 6) is 1.94. The van der Waals surface area contributed by atoms with Crippen molar-refractivity contribution in [2.24, 2.45) is 0 Å². The number of ether oxygens (including phenoxy) is 2. The van der Waals surface area contributed by atoms with E-state index in [1.165, 1.54) is 11.1 Å². The second-order valence-corrected chi connectivity index (χ2v) is 7.88. The van der Waals surface area contributed by atoms with Crippen LogP contribution in [-0.4, -0.2) is 41.8 Å². The van der Waals surface area contributed by atoms with Gasteiger partial charge in [0.2, 0.25) is 0 Å². The van der Waals surface area contributed by atoms with E-state index in [-0.39, 0.29) is 0 Å². The van der Waals surface area contributed by atoms with E-state index in [9.17, 15) is 0 Å². The van der Waals surface area contributed by atoms with E-state index in [1.54, 1.807) is 7.11 Å². The van der Waals surface area contributed by atoms with Crippen molar-refractivity contribution < 1.29 is 9.47 Å². The Morgan fingerprint density at radius 1 is 1.13 bits per heavy atom. The molecule has 1 aliphatic heterocycles. The third-order valence-corrected chi connectivity index (χ3v) is 5.48. The summed E-state index contributed by atoms with van der Waals surface area (Å²) < 4.78 is 11.2. The van der Waals surface area contributed by atoms with Crippen LogP contribution in [0.4, 0.5) is 0 Å². The number of para-hydroxylation sites is 2. The second kappa shape index (κ2) is 9.63. The molecule has 0 saturated carbocycles. The molecule has 0 spiro atoms. The molecule has 30 heavy (non-hydrogen) atoms. The normalized spacial score (nSPS) is 17.3. The minimum atomic E-state index is 0.447. The van der Waals surface area contributed by atoms with Gasteiger partial charge in [-0.05, 0) is 43.7 Å². The smallest absolute Gasteiger partial charge is 0.161 e. The number of hydrogen-bond acceptors (Lipinski definition) is 4. The number of nitrogens with zero attached hydrogens (tertiary/aromatic N) is 2. The lowest BCUT2D eigenvalue weighted by molar-refractivity contribution is 0.280. The number of aromatic nitrogens is 2. The van der Waals surface area contributed by atoms with E-state index >= 15 is 0 Å². The molecule has 156 valence electrons. The molecular weight excluding hydrogens is 374 g/mol. The summed E-state index contributed by atoms with van der Waals surface area (Å²) in [4.78, 5) is 2.51. The van der Waals surface area contributed by atoms with Gasteiger partial charge in [-0.1, -0.05) is 54.1 Å². The van der Waals surface area contributed by atoms with Crippen LogP contribution in [-0.2, 0) is 6.61 Å². The molecule has 1 fully saturated rings. The van der Waals surface area contributed by atoms with Gasteiger partial charge in [-0.25, -0.2) is 0 Å². The van der Waals surface area contributed by atoms with E-state index < -0.39 is 0 Å². The van der Waals surface area contributed by atoms with E-state index in [1.807, 2.05) is 24.3 Å². The monoisotopic (exact) mass is 403 g/mol. The van der Waals surface area contributed by atoms with Crippen LogP contribution >= 0.6 is 0 Å². The Kier molecular flexibility index (Phi) is 6.50. The lowest BCUT2D eigenvalue weighted by Gasteiger charge is -2.16. The van der Waals surface area contributed by atoms with Crippen LogP contribution in [0.2, 0.25) is 0 Å². The Morgan fingerprint density at radius 2 is 1.90 bits per heavy atom. The van der Waals surface area contributed by atoms with Gasteiger partial charge in [0.1, 0.15) is 6.61 Å². The third kappa shape index (κ3) is 5.10. The predicted molar refractivity (Wildman–Crippen MR) is 120 cm³/mol. The van der Waals surface area contributed by atoms with Crippen LogP contribution in [0, 0.1) is 0 Å². The van der Waals surface area contributed by atoms with Crippen molar-refractivity contribution in [2.45, 2.75) is 25.9 Å². The molecule has 1 N–H and O–H groups in total. The zero-order valence-electron chi connectivity index (χ0n) is 17.7. The third-order valence-electron chi connectivity index (χ3n) is 5.48. The molecule has 4 rings (SSSR count). The van der Waals surface area contributed by atoms with Gasteiger partial charge in [-0.3, -0.25) is 10.00 Å². The van der Waals surface area contributed by atoms with E-state index in [0.29, 0.717) is 12.5 Å². The molecule has 5 heteroatoms. The summed E-state index contributed by atoms with van der Waals surface area (Å²) in [6, 6.07) is 20.3. The standard InChI is InChI=1S/C25H29N3O2/c1-19(14-20-8-4-3-5-9-20)16-28-13-12-21(17-28)23-15-22(26-27-23)18-30-25-11-7-6-10-24(25)29-2/h3-11,14-15,21H,12-13,16-18H2,1-2H3,(H,26,27)/b19-14+. The molecule has 0 bridgehead atoms. The number of likely N-dealkylation sites (tertiary alicyclic amines) is 1. The van der Waals surface area contributed by atoms with E-state index in [4.69, 9.17) is 9.47 Å². The van der Waals surface area contributed by atoms with Crippen LogP contribution in [0.1, 0.15) is 36.2 Å². The maximum absolute atomic E-state index is 5.91. The highest BCUT2D eigenvalue weighted by molar-refractivity contribution is 5.52. The summed E-state index contributed by atoms with van der Waals surface area (Å²) in [5, 5.41) is 7.69. The highest BCUT2D eigenvalue weighted by atomic mass is 16.5. The quantitative estimate of drug-likeness (QED) is 0.582. The first-order valence-corrected chi connectivity index (χ1v) is 10.5. The zero-order valence-corrected chi connectivity index (χ0v) is 17.7. The van der Waals surface area contributed by atoms with E-state index in [0.717, 1.165) is 48.9 Å². The number of aromatic amines is 1. The molecule has 1 saturated heterocycles. The lowest BCUT2D eigenvalue weighted by atomic mass is 10.1. The maximum Gasteiger partial charge on any atom is 0.161 e. The van der Waals surface area contributed by atoms with Crippen molar-refractivity contribution in [3.8, 4) is 11.5 Å². The molecule has 2 heterocycles. The fraction of sp³-hybridized carbons (Fsp3) is 0.320. The molecule has 5 nitrogen and oxygen atoms in total. The second-order valence-electron chi connectivity index (χ2n) is 7.88. The number of rotatable bonds is 8. The van der Waals surface area contributed by atoms with Gasteiger partial charge in [-0.2, -0.15) is 5.10 Å². The topological polar surface area (TPSA) is 50.4 Å². The lowest BCUT2D eigenvalue weighted by Crippen LogP contribution is -2.22. The fourth-order valence-corrected chi connectivity index (χ4v) is 4.01. The predicted octanol–water partition coefficient (Wildman–Crippen LogP) is 4.89. The van der Waals surface area contributed by atoms with Crippen LogP contribution in [0.15, 0.2) is 66.2 Å². The SMILES string of the molecule is COc1ccccc1OCc1cc(C2CCN(C/C(C)=C/c3ccccc3)C2)n[nH]1. The molecule has 3 aromatic rings. The Morgan fingerprint density at radius 3 is 2.70 bits per heavy atom. The number of hydrogen-bond donors (Lipinski definition) is 1. The van der Waals surface area contributed by atoms with Crippen molar-refractivity contribution >= 4 is 6.08 Å². The first-order chi connectivity index (χ1) is 14.7. The Hall–Kier alpha value is -3.05. The molecule has 1 aromatic heterocycles. The first-order valence-electron chi connectivity index (χ1n) is 10.5. The molecule has 0 amide bonds. The molecule has 0 aliphatic carbocycles. The Balaban J connectivity index is 1.30. The summed E-state index contributed by atoms with van der Waals surface area (Å²) >= 11 is 0. The van der Waals surface area contributed by atoms with E-state index in [2.05, 4.69) is 64.5 Å².